The van der Waals surface area contributed by atoms with Gasteiger partial charge in [-0.1, -0.05) is 23.7 Å². The largest absolute Gasteiger partial charge is 0.381 e. The molecule has 1 saturated heterocycles. The Balaban J connectivity index is 1.50. The second-order valence-electron chi connectivity index (χ2n) is 7.21. The molecule has 2 aliphatic rings. The molecule has 0 aromatic heterocycles. The maximum Gasteiger partial charge on any atom is 0.193 e. The van der Waals surface area contributed by atoms with Gasteiger partial charge in [-0.05, 0) is 56.2 Å². The van der Waals surface area contributed by atoms with Gasteiger partial charge in [0.15, 0.2) is 5.96 Å². The summed E-state index contributed by atoms with van der Waals surface area (Å²) in [4.78, 5) is 6.98. The van der Waals surface area contributed by atoms with E-state index in [1.54, 1.807) is 0 Å². The van der Waals surface area contributed by atoms with Gasteiger partial charge in [0, 0.05) is 50.3 Å². The summed E-state index contributed by atoms with van der Waals surface area (Å²) in [7, 11) is 2.15. The molecule has 2 unspecified atom stereocenters. The zero-order chi connectivity index (χ0) is 17.6. The Kier molecular flexibility index (Phi) is 6.60. The van der Waals surface area contributed by atoms with E-state index in [1.165, 1.54) is 24.8 Å². The summed E-state index contributed by atoms with van der Waals surface area (Å²) in [6.07, 6.45) is 4.76. The minimum absolute atomic E-state index is 0.467. The van der Waals surface area contributed by atoms with E-state index in [1.807, 2.05) is 12.1 Å². The summed E-state index contributed by atoms with van der Waals surface area (Å²) in [6.45, 7) is 5.79. The van der Waals surface area contributed by atoms with Gasteiger partial charge in [0.2, 0.25) is 0 Å². The summed E-state index contributed by atoms with van der Waals surface area (Å²) in [6, 6.07) is 8.69. The number of nitrogens with zero attached hydrogens (tertiary/aromatic N) is 2. The average molecular weight is 364 g/mol. The monoisotopic (exact) mass is 363 g/mol. The van der Waals surface area contributed by atoms with Crippen LogP contribution in [0.15, 0.2) is 29.3 Å². The van der Waals surface area contributed by atoms with Crippen LogP contribution in [-0.4, -0.2) is 50.3 Å². The highest BCUT2D eigenvalue weighted by Crippen LogP contribution is 2.41. The number of hydrogen-bond acceptors (Lipinski definition) is 2. The summed E-state index contributed by atoms with van der Waals surface area (Å²) < 4.78 is 5.46. The maximum absolute atomic E-state index is 6.12. The molecule has 5 heteroatoms. The van der Waals surface area contributed by atoms with Gasteiger partial charge >= 0.3 is 0 Å². The lowest BCUT2D eigenvalue weighted by atomic mass is 9.96. The highest BCUT2D eigenvalue weighted by atomic mass is 35.5. The SMILES string of the molecule is CCN=C(NC1CC1c1cccc(Cl)c1)N(C)CCC1CCOCC1. The van der Waals surface area contributed by atoms with Crippen molar-refractivity contribution in [3.63, 3.8) is 0 Å². The molecule has 3 rings (SSSR count). The van der Waals surface area contributed by atoms with E-state index in [0.29, 0.717) is 12.0 Å². The third-order valence-electron chi connectivity index (χ3n) is 5.26. The molecule has 1 aliphatic carbocycles. The van der Waals surface area contributed by atoms with Crippen LogP contribution in [0.5, 0.6) is 0 Å². The van der Waals surface area contributed by atoms with Crippen LogP contribution in [0.3, 0.4) is 0 Å². The topological polar surface area (TPSA) is 36.9 Å². The fourth-order valence-corrected chi connectivity index (χ4v) is 3.77. The molecule has 25 heavy (non-hydrogen) atoms. The van der Waals surface area contributed by atoms with Crippen molar-refractivity contribution in [1.82, 2.24) is 10.2 Å². The first-order valence-electron chi connectivity index (χ1n) is 9.52. The average Bonchev–Trinajstić information content (AvgIpc) is 3.39. The third-order valence-corrected chi connectivity index (χ3v) is 5.50. The number of ether oxygens (including phenoxy) is 1. The van der Waals surface area contributed by atoms with Crippen molar-refractivity contribution >= 4 is 17.6 Å². The molecule has 1 aliphatic heterocycles. The van der Waals surface area contributed by atoms with Crippen molar-refractivity contribution in [2.75, 3.05) is 33.4 Å². The van der Waals surface area contributed by atoms with Crippen LogP contribution in [0.25, 0.3) is 0 Å². The van der Waals surface area contributed by atoms with E-state index < -0.39 is 0 Å². The zero-order valence-corrected chi connectivity index (χ0v) is 16.1. The van der Waals surface area contributed by atoms with Crippen LogP contribution in [0.1, 0.15) is 44.1 Å². The predicted molar refractivity (Wildman–Crippen MR) is 104 cm³/mol. The van der Waals surface area contributed by atoms with Gasteiger partial charge in [-0.2, -0.15) is 0 Å². The second kappa shape index (κ2) is 8.91. The number of hydrogen-bond donors (Lipinski definition) is 1. The van der Waals surface area contributed by atoms with Gasteiger partial charge in [-0.15, -0.1) is 0 Å². The molecule has 4 nitrogen and oxygen atoms in total. The first-order valence-corrected chi connectivity index (χ1v) is 9.90. The van der Waals surface area contributed by atoms with Crippen molar-refractivity contribution in [2.24, 2.45) is 10.9 Å². The summed E-state index contributed by atoms with van der Waals surface area (Å²) >= 11 is 6.12. The van der Waals surface area contributed by atoms with Gasteiger partial charge in [-0.3, -0.25) is 4.99 Å². The maximum atomic E-state index is 6.12. The highest BCUT2D eigenvalue weighted by Gasteiger charge is 2.39. The van der Waals surface area contributed by atoms with Gasteiger partial charge < -0.3 is 15.0 Å². The lowest BCUT2D eigenvalue weighted by Crippen LogP contribution is -2.41. The first-order chi connectivity index (χ1) is 12.2. The standard InChI is InChI=1S/C20H30ClN3O/c1-3-22-20(24(2)10-7-15-8-11-25-12-9-15)23-19-14-18(19)16-5-4-6-17(21)13-16/h4-6,13,15,18-19H,3,7-12,14H2,1-2H3,(H,22,23). The van der Waals surface area contributed by atoms with Crippen molar-refractivity contribution < 1.29 is 4.74 Å². The van der Waals surface area contributed by atoms with Crippen molar-refractivity contribution in [2.45, 2.75) is 44.6 Å². The van der Waals surface area contributed by atoms with Gasteiger partial charge in [0.05, 0.1) is 0 Å². The van der Waals surface area contributed by atoms with Gasteiger partial charge in [0.1, 0.15) is 0 Å². The van der Waals surface area contributed by atoms with Crippen LogP contribution in [0.2, 0.25) is 5.02 Å². The fraction of sp³-hybridized carbons (Fsp3) is 0.650. The molecule has 2 fully saturated rings. The molecule has 0 spiro atoms. The van der Waals surface area contributed by atoms with E-state index in [-0.39, 0.29) is 0 Å². The second-order valence-corrected chi connectivity index (χ2v) is 7.65. The van der Waals surface area contributed by atoms with Crippen molar-refractivity contribution in [1.29, 1.82) is 0 Å². The van der Waals surface area contributed by atoms with Gasteiger partial charge in [0.25, 0.3) is 0 Å². The summed E-state index contributed by atoms with van der Waals surface area (Å²) in [5, 5.41) is 4.47. The van der Waals surface area contributed by atoms with Crippen molar-refractivity contribution in [3.05, 3.63) is 34.9 Å². The molecule has 0 bridgehead atoms. The lowest BCUT2D eigenvalue weighted by molar-refractivity contribution is 0.0625. The Bertz CT molecular complexity index is 586. The first kappa shape index (κ1) is 18.5. The molecule has 0 radical (unpaired) electrons. The van der Waals surface area contributed by atoms with E-state index in [2.05, 4.69) is 36.3 Å². The molecular formula is C20H30ClN3O. The fourth-order valence-electron chi connectivity index (χ4n) is 3.57. The molecule has 1 aromatic carbocycles. The Morgan fingerprint density at radius 2 is 2.16 bits per heavy atom. The minimum Gasteiger partial charge on any atom is -0.381 e. The molecule has 1 N–H and O–H groups in total. The highest BCUT2D eigenvalue weighted by molar-refractivity contribution is 6.30. The number of benzene rings is 1. The Hall–Kier alpha value is -1.26. The molecule has 1 heterocycles. The van der Waals surface area contributed by atoms with Crippen LogP contribution in [0.4, 0.5) is 0 Å². The Labute approximate surface area is 156 Å². The van der Waals surface area contributed by atoms with Crippen LogP contribution >= 0.6 is 11.6 Å². The van der Waals surface area contributed by atoms with E-state index in [4.69, 9.17) is 21.3 Å². The summed E-state index contributed by atoms with van der Waals surface area (Å²) in [5.41, 5.74) is 1.32. The van der Waals surface area contributed by atoms with E-state index >= 15 is 0 Å². The minimum atomic E-state index is 0.467. The lowest BCUT2D eigenvalue weighted by Gasteiger charge is -2.27. The summed E-state index contributed by atoms with van der Waals surface area (Å²) in [5.74, 6) is 2.37. The molecule has 1 saturated carbocycles. The van der Waals surface area contributed by atoms with Crippen molar-refractivity contribution in [3.8, 4) is 0 Å². The Morgan fingerprint density at radius 3 is 2.88 bits per heavy atom. The van der Waals surface area contributed by atoms with Gasteiger partial charge in [-0.25, -0.2) is 0 Å². The van der Waals surface area contributed by atoms with Crippen LogP contribution in [-0.2, 0) is 4.74 Å². The zero-order valence-electron chi connectivity index (χ0n) is 15.4. The third kappa shape index (κ3) is 5.35. The van der Waals surface area contributed by atoms with Crippen LogP contribution in [0, 0.1) is 5.92 Å². The number of halogens is 1. The molecule has 0 amide bonds. The predicted octanol–water partition coefficient (Wildman–Crippen LogP) is 3.91. The van der Waals surface area contributed by atoms with E-state index in [0.717, 1.165) is 49.6 Å². The number of guanidine groups is 1. The number of nitrogens with one attached hydrogen (secondary N) is 1. The molecule has 1 aromatic rings. The van der Waals surface area contributed by atoms with Crippen LogP contribution < -0.4 is 5.32 Å². The number of rotatable bonds is 6. The smallest absolute Gasteiger partial charge is 0.193 e. The van der Waals surface area contributed by atoms with E-state index in [9.17, 15) is 0 Å². The molecule has 2 atom stereocenters. The quantitative estimate of drug-likeness (QED) is 0.615. The molecular weight excluding hydrogens is 334 g/mol. The number of aliphatic imine (C=N–C) groups is 1. The molecule has 138 valence electrons. The normalized spacial score (nSPS) is 24.2. The Morgan fingerprint density at radius 1 is 1.36 bits per heavy atom.